The van der Waals surface area contributed by atoms with Crippen molar-refractivity contribution in [1.29, 1.82) is 5.26 Å². The van der Waals surface area contributed by atoms with Crippen LogP contribution >= 0.6 is 27.5 Å². The van der Waals surface area contributed by atoms with Crippen LogP contribution in [0.2, 0.25) is 0 Å². The molecule has 60 valence electrons. The number of halogens is 2. The van der Waals surface area contributed by atoms with Crippen molar-refractivity contribution in [2.24, 2.45) is 0 Å². The van der Waals surface area contributed by atoms with E-state index < -0.39 is 0 Å². The van der Waals surface area contributed by atoms with Gasteiger partial charge >= 0.3 is 0 Å². The Kier molecular flexibility index (Phi) is 3.33. The molecule has 0 aliphatic rings. The number of hydrogen-bond acceptors (Lipinski definition) is 1. The molecule has 1 aromatic rings. The summed E-state index contributed by atoms with van der Waals surface area (Å²) in [5.41, 5.74) is 0.834. The Morgan fingerprint density at radius 3 is 2.75 bits per heavy atom. The van der Waals surface area contributed by atoms with E-state index in [1.165, 1.54) is 6.08 Å². The summed E-state index contributed by atoms with van der Waals surface area (Å²) in [6, 6.07) is 9.37. The lowest BCUT2D eigenvalue weighted by Gasteiger charge is -1.99. The standard InChI is InChI=1S/C9H5BrClN/c10-8-4-2-1-3-7(8)9(11)5-6-12/h1-5H/b9-5+. The molecular formula is C9H5BrClN. The van der Waals surface area contributed by atoms with E-state index in [1.807, 2.05) is 30.3 Å². The molecule has 1 rings (SSSR count). The first-order valence-corrected chi connectivity index (χ1v) is 4.43. The van der Waals surface area contributed by atoms with E-state index in [-0.39, 0.29) is 0 Å². The van der Waals surface area contributed by atoms with Gasteiger partial charge in [-0.25, -0.2) is 0 Å². The Labute approximate surface area is 84.4 Å². The number of nitriles is 1. The van der Waals surface area contributed by atoms with E-state index in [9.17, 15) is 0 Å². The van der Waals surface area contributed by atoms with Crippen LogP contribution in [0.15, 0.2) is 34.8 Å². The molecule has 1 aromatic carbocycles. The van der Waals surface area contributed by atoms with Crippen LogP contribution < -0.4 is 0 Å². The monoisotopic (exact) mass is 241 g/mol. The van der Waals surface area contributed by atoms with Crippen molar-refractivity contribution in [3.63, 3.8) is 0 Å². The highest BCUT2D eigenvalue weighted by atomic mass is 79.9. The minimum Gasteiger partial charge on any atom is -0.193 e. The topological polar surface area (TPSA) is 23.8 Å². The molecule has 0 fully saturated rings. The lowest BCUT2D eigenvalue weighted by atomic mass is 10.2. The number of allylic oxidation sites excluding steroid dienone is 1. The summed E-state index contributed by atoms with van der Waals surface area (Å²) in [6.45, 7) is 0. The van der Waals surface area contributed by atoms with E-state index in [1.54, 1.807) is 0 Å². The molecule has 12 heavy (non-hydrogen) atoms. The van der Waals surface area contributed by atoms with Crippen LogP contribution in [0, 0.1) is 11.3 Å². The maximum absolute atomic E-state index is 8.36. The molecule has 1 nitrogen and oxygen atoms in total. The molecule has 0 saturated heterocycles. The summed E-state index contributed by atoms with van der Waals surface area (Å²) in [5, 5.41) is 8.81. The highest BCUT2D eigenvalue weighted by molar-refractivity contribution is 9.10. The summed E-state index contributed by atoms with van der Waals surface area (Å²) in [5.74, 6) is 0. The number of rotatable bonds is 1. The van der Waals surface area contributed by atoms with Gasteiger partial charge in [0.25, 0.3) is 0 Å². The van der Waals surface area contributed by atoms with Gasteiger partial charge in [0.15, 0.2) is 0 Å². The van der Waals surface area contributed by atoms with Gasteiger partial charge in [0.2, 0.25) is 0 Å². The van der Waals surface area contributed by atoms with Gasteiger partial charge in [0.1, 0.15) is 0 Å². The number of nitrogens with zero attached hydrogens (tertiary/aromatic N) is 1. The Morgan fingerprint density at radius 1 is 1.50 bits per heavy atom. The second kappa shape index (κ2) is 4.30. The molecule has 0 spiro atoms. The van der Waals surface area contributed by atoms with Crippen LogP contribution in [-0.4, -0.2) is 0 Å². The highest BCUT2D eigenvalue weighted by Crippen LogP contribution is 2.26. The fourth-order valence-corrected chi connectivity index (χ4v) is 1.62. The van der Waals surface area contributed by atoms with Crippen LogP contribution in [0.3, 0.4) is 0 Å². The van der Waals surface area contributed by atoms with Gasteiger partial charge in [-0.15, -0.1) is 0 Å². The van der Waals surface area contributed by atoms with Gasteiger partial charge < -0.3 is 0 Å². The molecule has 3 heteroatoms. The zero-order chi connectivity index (χ0) is 8.97. The van der Waals surface area contributed by atoms with Crippen molar-refractivity contribution in [2.75, 3.05) is 0 Å². The lowest BCUT2D eigenvalue weighted by Crippen LogP contribution is -1.77. The zero-order valence-electron chi connectivity index (χ0n) is 6.09. The van der Waals surface area contributed by atoms with Crippen LogP contribution in [0.1, 0.15) is 5.56 Å². The summed E-state index contributed by atoms with van der Waals surface area (Å²) in [4.78, 5) is 0. The Bertz CT molecular complexity index is 352. The maximum Gasteiger partial charge on any atom is 0.0927 e. The first-order valence-electron chi connectivity index (χ1n) is 3.26. The molecule has 0 aliphatic heterocycles. The minimum absolute atomic E-state index is 0.449. The van der Waals surface area contributed by atoms with E-state index >= 15 is 0 Å². The van der Waals surface area contributed by atoms with E-state index in [2.05, 4.69) is 15.9 Å². The van der Waals surface area contributed by atoms with Gasteiger partial charge in [-0.1, -0.05) is 45.7 Å². The van der Waals surface area contributed by atoms with Crippen molar-refractivity contribution < 1.29 is 0 Å². The van der Waals surface area contributed by atoms with Crippen LogP contribution in [0.5, 0.6) is 0 Å². The fraction of sp³-hybridized carbons (Fsp3) is 0. The minimum atomic E-state index is 0.449. The molecule has 0 bridgehead atoms. The Balaban J connectivity index is 3.13. The van der Waals surface area contributed by atoms with Crippen molar-refractivity contribution in [3.05, 3.63) is 40.4 Å². The zero-order valence-corrected chi connectivity index (χ0v) is 8.43. The van der Waals surface area contributed by atoms with Crippen LogP contribution in [0.25, 0.3) is 5.03 Å². The van der Waals surface area contributed by atoms with Crippen LogP contribution in [0.4, 0.5) is 0 Å². The molecule has 0 aromatic heterocycles. The lowest BCUT2D eigenvalue weighted by molar-refractivity contribution is 1.53. The van der Waals surface area contributed by atoms with Gasteiger partial charge in [0.05, 0.1) is 11.1 Å². The van der Waals surface area contributed by atoms with Gasteiger partial charge in [-0.3, -0.25) is 0 Å². The van der Waals surface area contributed by atoms with E-state index in [4.69, 9.17) is 16.9 Å². The molecule has 0 aliphatic carbocycles. The second-order valence-corrected chi connectivity index (χ2v) is 3.36. The molecule has 0 N–H and O–H groups in total. The van der Waals surface area contributed by atoms with Gasteiger partial charge in [-0.2, -0.15) is 5.26 Å². The third-order valence-electron chi connectivity index (χ3n) is 1.32. The average molecular weight is 243 g/mol. The largest absolute Gasteiger partial charge is 0.193 e. The summed E-state index contributed by atoms with van der Waals surface area (Å²) >= 11 is 9.15. The predicted molar refractivity (Wildman–Crippen MR) is 53.6 cm³/mol. The molecule has 0 unspecified atom stereocenters. The summed E-state index contributed by atoms with van der Waals surface area (Å²) in [7, 11) is 0. The summed E-state index contributed by atoms with van der Waals surface area (Å²) in [6.07, 6.45) is 1.31. The Morgan fingerprint density at radius 2 is 2.17 bits per heavy atom. The fourth-order valence-electron chi connectivity index (χ4n) is 0.789. The first-order chi connectivity index (χ1) is 5.75. The maximum atomic E-state index is 8.36. The smallest absolute Gasteiger partial charge is 0.0927 e. The quantitative estimate of drug-likeness (QED) is 0.691. The molecule has 0 heterocycles. The molecule has 0 atom stereocenters. The average Bonchev–Trinajstić information content (AvgIpc) is 2.05. The van der Waals surface area contributed by atoms with Crippen LogP contribution in [-0.2, 0) is 0 Å². The number of benzene rings is 1. The third kappa shape index (κ3) is 2.10. The van der Waals surface area contributed by atoms with Gasteiger partial charge in [-0.05, 0) is 6.07 Å². The molecule has 0 radical (unpaired) electrons. The second-order valence-electron chi connectivity index (χ2n) is 2.10. The van der Waals surface area contributed by atoms with E-state index in [0.717, 1.165) is 10.0 Å². The third-order valence-corrected chi connectivity index (χ3v) is 2.33. The van der Waals surface area contributed by atoms with Gasteiger partial charge in [0, 0.05) is 16.1 Å². The van der Waals surface area contributed by atoms with Crippen molar-refractivity contribution in [3.8, 4) is 6.07 Å². The Hall–Kier alpha value is -0.780. The first kappa shape index (κ1) is 9.31. The summed E-state index contributed by atoms with van der Waals surface area (Å²) < 4.78 is 0.890. The predicted octanol–water partition coefficient (Wildman–Crippen LogP) is 3.55. The normalized spacial score (nSPS) is 10.9. The van der Waals surface area contributed by atoms with Crippen molar-refractivity contribution >= 4 is 32.6 Å². The molecular weight excluding hydrogens is 237 g/mol. The highest BCUT2D eigenvalue weighted by Gasteiger charge is 2.00. The van der Waals surface area contributed by atoms with Crippen molar-refractivity contribution in [2.45, 2.75) is 0 Å². The SMILES string of the molecule is N#C/C=C(/Cl)c1ccccc1Br. The molecule has 0 amide bonds. The van der Waals surface area contributed by atoms with Crippen molar-refractivity contribution in [1.82, 2.24) is 0 Å². The molecule has 0 saturated carbocycles. The van der Waals surface area contributed by atoms with E-state index in [0.29, 0.717) is 5.03 Å². The number of hydrogen-bond donors (Lipinski definition) is 0.